The molecule has 1 aliphatic carbocycles. The molecule has 2 rings (SSSR count). The van der Waals surface area contributed by atoms with Gasteiger partial charge in [-0.25, -0.2) is 4.39 Å². The fourth-order valence-corrected chi connectivity index (χ4v) is 2.94. The molecule has 0 radical (unpaired) electrons. The van der Waals surface area contributed by atoms with E-state index in [9.17, 15) is 9.18 Å². The van der Waals surface area contributed by atoms with Crippen LogP contribution in [0.2, 0.25) is 0 Å². The van der Waals surface area contributed by atoms with Gasteiger partial charge in [-0.2, -0.15) is 0 Å². The van der Waals surface area contributed by atoms with Crippen LogP contribution in [0.5, 0.6) is 0 Å². The summed E-state index contributed by atoms with van der Waals surface area (Å²) in [7, 11) is 4.16. The van der Waals surface area contributed by atoms with Crippen LogP contribution in [0.25, 0.3) is 0 Å². The van der Waals surface area contributed by atoms with Gasteiger partial charge in [0.1, 0.15) is 5.82 Å². The molecule has 1 amide bonds. The summed E-state index contributed by atoms with van der Waals surface area (Å²) >= 11 is 0. The highest BCUT2D eigenvalue weighted by molar-refractivity contribution is 5.94. The Kier molecular flexibility index (Phi) is 4.76. The number of nitrogens with one attached hydrogen (secondary N) is 1. The number of carbonyl (C=O) groups is 1. The number of carbonyl (C=O) groups excluding carboxylic acids is 1. The summed E-state index contributed by atoms with van der Waals surface area (Å²) in [5.74, 6) is -0.449. The normalized spacial score (nSPS) is 18.0. The Balaban J connectivity index is 1.98. The van der Waals surface area contributed by atoms with E-state index >= 15 is 0 Å². The quantitative estimate of drug-likeness (QED) is 0.918. The monoisotopic (exact) mass is 278 g/mol. The third kappa shape index (κ3) is 3.37. The average molecular weight is 278 g/mol. The first-order valence-corrected chi connectivity index (χ1v) is 7.25. The molecule has 1 N–H and O–H groups in total. The number of benzene rings is 1. The van der Waals surface area contributed by atoms with Crippen molar-refractivity contribution in [3.05, 3.63) is 35.6 Å². The summed E-state index contributed by atoms with van der Waals surface area (Å²) in [6, 6.07) is 5.68. The first kappa shape index (κ1) is 15.0. The highest BCUT2D eigenvalue weighted by Crippen LogP contribution is 2.31. The maximum absolute atomic E-state index is 12.9. The lowest BCUT2D eigenvalue weighted by Gasteiger charge is -2.43. The summed E-state index contributed by atoms with van der Waals surface area (Å²) in [6.45, 7) is 0.649. The highest BCUT2D eigenvalue weighted by atomic mass is 19.1. The number of nitrogens with zero attached hydrogens (tertiary/aromatic N) is 1. The second kappa shape index (κ2) is 6.35. The molecular formula is C16H23FN2O. The van der Waals surface area contributed by atoms with Gasteiger partial charge < -0.3 is 10.2 Å². The number of likely N-dealkylation sites (N-methyl/N-ethyl adjacent to an activating group) is 1. The molecule has 20 heavy (non-hydrogen) atoms. The van der Waals surface area contributed by atoms with E-state index in [1.54, 1.807) is 0 Å². The Morgan fingerprint density at radius 1 is 1.20 bits per heavy atom. The van der Waals surface area contributed by atoms with Crippen LogP contribution < -0.4 is 5.32 Å². The first-order valence-electron chi connectivity index (χ1n) is 7.25. The molecule has 0 heterocycles. The van der Waals surface area contributed by atoms with Crippen molar-refractivity contribution in [2.24, 2.45) is 0 Å². The van der Waals surface area contributed by atoms with Gasteiger partial charge in [0.05, 0.1) is 0 Å². The van der Waals surface area contributed by atoms with Crippen molar-refractivity contribution in [3.63, 3.8) is 0 Å². The van der Waals surface area contributed by atoms with Gasteiger partial charge in [0, 0.05) is 17.6 Å². The Morgan fingerprint density at radius 2 is 1.80 bits per heavy atom. The Morgan fingerprint density at radius 3 is 2.35 bits per heavy atom. The average Bonchev–Trinajstić information content (AvgIpc) is 2.46. The van der Waals surface area contributed by atoms with Crippen LogP contribution in [0.15, 0.2) is 24.3 Å². The van der Waals surface area contributed by atoms with Crippen LogP contribution in [0.4, 0.5) is 4.39 Å². The lowest BCUT2D eigenvalue weighted by atomic mass is 9.80. The van der Waals surface area contributed by atoms with E-state index < -0.39 is 0 Å². The zero-order valence-corrected chi connectivity index (χ0v) is 12.3. The molecular weight excluding hydrogens is 255 g/mol. The van der Waals surface area contributed by atoms with E-state index in [1.807, 2.05) is 0 Å². The SMILES string of the molecule is CN(C)C1(CNC(=O)c2ccc(F)cc2)CCCCC1. The minimum Gasteiger partial charge on any atom is -0.350 e. The molecule has 0 aromatic heterocycles. The minimum atomic E-state index is -0.321. The topological polar surface area (TPSA) is 32.3 Å². The first-order chi connectivity index (χ1) is 9.53. The fraction of sp³-hybridized carbons (Fsp3) is 0.562. The van der Waals surface area contributed by atoms with Crippen LogP contribution in [-0.2, 0) is 0 Å². The molecule has 0 unspecified atom stereocenters. The van der Waals surface area contributed by atoms with Gasteiger partial charge >= 0.3 is 0 Å². The Hall–Kier alpha value is -1.42. The van der Waals surface area contributed by atoms with Gasteiger partial charge in [-0.3, -0.25) is 4.79 Å². The third-order valence-corrected chi connectivity index (χ3v) is 4.42. The van der Waals surface area contributed by atoms with Crippen LogP contribution >= 0.6 is 0 Å². The van der Waals surface area contributed by atoms with E-state index in [2.05, 4.69) is 24.3 Å². The molecule has 4 heteroatoms. The molecule has 1 aromatic carbocycles. The predicted molar refractivity (Wildman–Crippen MR) is 78.2 cm³/mol. The van der Waals surface area contributed by atoms with Crippen molar-refractivity contribution in [2.45, 2.75) is 37.6 Å². The molecule has 110 valence electrons. The number of hydrogen-bond acceptors (Lipinski definition) is 2. The number of amides is 1. The fourth-order valence-electron chi connectivity index (χ4n) is 2.94. The summed E-state index contributed by atoms with van der Waals surface area (Å²) in [6.07, 6.45) is 5.93. The van der Waals surface area contributed by atoms with Crippen LogP contribution in [0.1, 0.15) is 42.5 Å². The van der Waals surface area contributed by atoms with Gasteiger partial charge in [-0.15, -0.1) is 0 Å². The highest BCUT2D eigenvalue weighted by Gasteiger charge is 2.34. The number of halogens is 1. The van der Waals surface area contributed by atoms with Gasteiger partial charge in [-0.05, 0) is 51.2 Å². The zero-order valence-electron chi connectivity index (χ0n) is 12.3. The molecule has 0 spiro atoms. The summed E-state index contributed by atoms with van der Waals surface area (Å²) in [5, 5.41) is 3.01. The second-order valence-electron chi connectivity index (χ2n) is 5.87. The van der Waals surface area contributed by atoms with Crippen molar-refractivity contribution in [2.75, 3.05) is 20.6 Å². The largest absolute Gasteiger partial charge is 0.350 e. The van der Waals surface area contributed by atoms with Crippen molar-refractivity contribution in [1.82, 2.24) is 10.2 Å². The molecule has 1 aliphatic rings. The number of rotatable bonds is 4. The maximum atomic E-state index is 12.9. The third-order valence-electron chi connectivity index (χ3n) is 4.42. The summed E-state index contributed by atoms with van der Waals surface area (Å²) < 4.78 is 12.9. The van der Waals surface area contributed by atoms with Gasteiger partial charge in [-0.1, -0.05) is 19.3 Å². The van der Waals surface area contributed by atoms with E-state index in [0.29, 0.717) is 12.1 Å². The lowest BCUT2D eigenvalue weighted by Crippen LogP contribution is -2.53. The summed E-state index contributed by atoms with van der Waals surface area (Å²) in [4.78, 5) is 14.3. The second-order valence-corrected chi connectivity index (χ2v) is 5.87. The zero-order chi connectivity index (χ0) is 14.6. The van der Waals surface area contributed by atoms with Crippen molar-refractivity contribution >= 4 is 5.91 Å². The van der Waals surface area contributed by atoms with Crippen molar-refractivity contribution < 1.29 is 9.18 Å². The van der Waals surface area contributed by atoms with E-state index in [1.165, 1.54) is 43.5 Å². The molecule has 1 aromatic rings. The van der Waals surface area contributed by atoms with Crippen molar-refractivity contribution in [3.8, 4) is 0 Å². The molecule has 0 saturated heterocycles. The predicted octanol–water partition coefficient (Wildman–Crippen LogP) is 2.82. The lowest BCUT2D eigenvalue weighted by molar-refractivity contribution is 0.0799. The van der Waals surface area contributed by atoms with E-state index in [0.717, 1.165) is 12.8 Å². The number of hydrogen-bond donors (Lipinski definition) is 1. The maximum Gasteiger partial charge on any atom is 0.251 e. The molecule has 1 fully saturated rings. The summed E-state index contributed by atoms with van der Waals surface area (Å²) in [5.41, 5.74) is 0.574. The molecule has 1 saturated carbocycles. The molecule has 3 nitrogen and oxygen atoms in total. The standard InChI is InChI=1S/C16H23FN2O/c1-19(2)16(10-4-3-5-11-16)12-18-15(20)13-6-8-14(17)9-7-13/h6-9H,3-5,10-12H2,1-2H3,(H,18,20). The molecule has 0 atom stereocenters. The van der Waals surface area contributed by atoms with E-state index in [4.69, 9.17) is 0 Å². The van der Waals surface area contributed by atoms with Crippen LogP contribution in [0.3, 0.4) is 0 Å². The van der Waals surface area contributed by atoms with Crippen LogP contribution in [-0.4, -0.2) is 37.0 Å². The minimum absolute atomic E-state index is 0.0634. The van der Waals surface area contributed by atoms with E-state index in [-0.39, 0.29) is 17.3 Å². The Bertz CT molecular complexity index is 450. The molecule has 0 aliphatic heterocycles. The van der Waals surface area contributed by atoms with Crippen molar-refractivity contribution in [1.29, 1.82) is 0 Å². The van der Waals surface area contributed by atoms with Crippen LogP contribution in [0, 0.1) is 5.82 Å². The van der Waals surface area contributed by atoms with Gasteiger partial charge in [0.15, 0.2) is 0 Å². The Labute approximate surface area is 120 Å². The molecule has 0 bridgehead atoms. The van der Waals surface area contributed by atoms with Gasteiger partial charge in [0.25, 0.3) is 5.91 Å². The van der Waals surface area contributed by atoms with Gasteiger partial charge in [0.2, 0.25) is 0 Å². The smallest absolute Gasteiger partial charge is 0.251 e.